The second-order valence-electron chi connectivity index (χ2n) is 14.4. The van der Waals surface area contributed by atoms with Gasteiger partial charge in [-0.1, -0.05) is 56.7 Å². The van der Waals surface area contributed by atoms with E-state index in [-0.39, 0.29) is 29.8 Å². The van der Waals surface area contributed by atoms with Gasteiger partial charge in [-0.05, 0) is 93.4 Å². The van der Waals surface area contributed by atoms with Crippen LogP contribution in [0.5, 0.6) is 11.5 Å². The molecule has 2 aliphatic heterocycles. The molecule has 226 valence electrons. The molecule has 1 spiro atoms. The lowest BCUT2D eigenvalue weighted by Gasteiger charge is -2.65. The third kappa shape index (κ3) is 4.55. The molecule has 2 N–H and O–H groups in total. The van der Waals surface area contributed by atoms with Crippen LogP contribution in [0.25, 0.3) is 0 Å². The molecule has 2 aromatic rings. The van der Waals surface area contributed by atoms with Crippen LogP contribution in [0.3, 0.4) is 0 Å². The van der Waals surface area contributed by atoms with Gasteiger partial charge in [-0.2, -0.15) is 0 Å². The first-order chi connectivity index (χ1) is 20.3. The van der Waals surface area contributed by atoms with Gasteiger partial charge in [-0.15, -0.1) is 0 Å². The number of unbranched alkanes of at least 4 members (excludes halogenated alkanes) is 2. The second-order valence-corrected chi connectivity index (χ2v) is 14.4. The van der Waals surface area contributed by atoms with Crippen LogP contribution >= 0.6 is 0 Å². The second kappa shape index (κ2) is 10.9. The summed E-state index contributed by atoms with van der Waals surface area (Å²) in [5, 5.41) is 23.8. The molecule has 3 aliphatic carbocycles. The minimum atomic E-state index is -0.919. The molecule has 2 aromatic carbocycles. The number of ether oxygens (including phenoxy) is 1. The number of phenolic OH excluding ortho intramolecular Hbond substituents is 1. The summed E-state index contributed by atoms with van der Waals surface area (Å²) in [4.78, 5) is 18.7. The van der Waals surface area contributed by atoms with Gasteiger partial charge in [0.1, 0.15) is 6.10 Å². The quantitative estimate of drug-likeness (QED) is 0.343. The molecule has 2 bridgehead atoms. The number of nitrogens with zero attached hydrogens (tertiary/aromatic N) is 2. The van der Waals surface area contributed by atoms with Gasteiger partial charge >= 0.3 is 0 Å². The molecule has 3 fully saturated rings. The zero-order valence-corrected chi connectivity index (χ0v) is 25.4. The summed E-state index contributed by atoms with van der Waals surface area (Å²) in [6.07, 6.45) is 9.85. The smallest absolute Gasteiger partial charge is 0.222 e. The van der Waals surface area contributed by atoms with Crippen LogP contribution in [-0.2, 0) is 23.1 Å². The Morgan fingerprint density at radius 2 is 1.88 bits per heavy atom. The third-order valence-electron chi connectivity index (χ3n) is 11.2. The summed E-state index contributed by atoms with van der Waals surface area (Å²) in [5.41, 5.74) is 2.10. The van der Waals surface area contributed by atoms with Gasteiger partial charge in [0.25, 0.3) is 0 Å². The Hall–Kier alpha value is -2.57. The van der Waals surface area contributed by atoms with Crippen molar-refractivity contribution in [3.8, 4) is 11.5 Å². The van der Waals surface area contributed by atoms with Gasteiger partial charge in [-0.3, -0.25) is 9.69 Å². The van der Waals surface area contributed by atoms with Gasteiger partial charge in [-0.25, -0.2) is 0 Å². The number of benzene rings is 2. The molecule has 2 heterocycles. The maximum absolute atomic E-state index is 14.0. The molecule has 0 radical (unpaired) electrons. The number of hydrogen-bond acceptors (Lipinski definition) is 5. The Bertz CT molecular complexity index is 1310. The lowest BCUT2D eigenvalue weighted by Crippen LogP contribution is -2.78. The van der Waals surface area contributed by atoms with E-state index in [0.717, 1.165) is 69.5 Å². The first kappa shape index (κ1) is 28.2. The van der Waals surface area contributed by atoms with E-state index in [1.165, 1.54) is 24.0 Å². The number of aliphatic hydroxyl groups is 1. The summed E-state index contributed by atoms with van der Waals surface area (Å²) in [7, 11) is 0. The monoisotopic (exact) mass is 572 g/mol. The molecule has 42 heavy (non-hydrogen) atoms. The van der Waals surface area contributed by atoms with E-state index in [4.69, 9.17) is 4.74 Å². The first-order valence-electron chi connectivity index (χ1n) is 16.6. The topological polar surface area (TPSA) is 73.2 Å². The number of carbonyl (C=O) groups is 1. The van der Waals surface area contributed by atoms with Crippen LogP contribution in [0, 0.1) is 11.8 Å². The Labute approximate surface area is 251 Å². The van der Waals surface area contributed by atoms with Crippen molar-refractivity contribution in [1.29, 1.82) is 0 Å². The Balaban J connectivity index is 1.14. The highest BCUT2D eigenvalue weighted by atomic mass is 16.5. The van der Waals surface area contributed by atoms with Crippen LogP contribution in [-0.4, -0.2) is 69.3 Å². The number of aryl methyl sites for hydroxylation is 1. The maximum Gasteiger partial charge on any atom is 0.222 e. The summed E-state index contributed by atoms with van der Waals surface area (Å²) >= 11 is 0. The first-order valence-corrected chi connectivity index (χ1v) is 16.6. The largest absolute Gasteiger partial charge is 0.504 e. The predicted octanol–water partition coefficient (Wildman–Crippen LogP) is 5.61. The van der Waals surface area contributed by atoms with Crippen molar-refractivity contribution in [3.63, 3.8) is 0 Å². The highest BCUT2D eigenvalue weighted by Crippen LogP contribution is 2.66. The number of phenols is 1. The number of rotatable bonds is 11. The van der Waals surface area contributed by atoms with E-state index in [0.29, 0.717) is 31.1 Å². The Morgan fingerprint density at radius 3 is 2.64 bits per heavy atom. The lowest BCUT2D eigenvalue weighted by atomic mass is 9.48. The number of carbonyl (C=O) groups excluding carboxylic acids is 1. The fourth-order valence-corrected chi connectivity index (χ4v) is 9.16. The number of piperidine rings is 1. The number of amides is 1. The summed E-state index contributed by atoms with van der Waals surface area (Å²) < 4.78 is 6.80. The molecule has 6 nitrogen and oxygen atoms in total. The maximum atomic E-state index is 14.0. The zero-order chi connectivity index (χ0) is 29.1. The highest BCUT2D eigenvalue weighted by molar-refractivity contribution is 5.77. The van der Waals surface area contributed by atoms with Crippen molar-refractivity contribution in [3.05, 3.63) is 59.2 Å². The van der Waals surface area contributed by atoms with E-state index >= 15 is 0 Å². The standard InChI is InChI=1S/C36H48N2O4/c1-24(2)22-38(31(40)12-8-4-7-11-25-9-5-3-6-10-25)28-17-18-36(41)30-21-27-15-16-29(39)33-32(27)35(36,34(28)42-33)19-20-37(30)23-26-13-14-26/h3,5-6,9-10,15-16,24,26,28,30,34,39,41H,4,7-8,11-14,17-23H2,1-2H3/t28-,30-,34+,35+,36-/m1/s1. The molecular weight excluding hydrogens is 524 g/mol. The number of likely N-dealkylation sites (tertiary alicyclic amines) is 1. The minimum absolute atomic E-state index is 0.0563. The van der Waals surface area contributed by atoms with Crippen molar-refractivity contribution in [2.24, 2.45) is 11.8 Å². The summed E-state index contributed by atoms with van der Waals surface area (Å²) in [6.45, 7) is 7.05. The third-order valence-corrected chi connectivity index (χ3v) is 11.2. The molecule has 1 amide bonds. The fraction of sp³-hybridized carbons (Fsp3) is 0.639. The summed E-state index contributed by atoms with van der Waals surface area (Å²) in [5.74, 6) is 2.03. The van der Waals surface area contributed by atoms with Crippen molar-refractivity contribution in [2.75, 3.05) is 19.6 Å². The van der Waals surface area contributed by atoms with Gasteiger partial charge in [0.05, 0.1) is 17.1 Å². The van der Waals surface area contributed by atoms with Crippen LogP contribution in [0.4, 0.5) is 0 Å². The Morgan fingerprint density at radius 1 is 1.07 bits per heavy atom. The summed E-state index contributed by atoms with van der Waals surface area (Å²) in [6, 6.07) is 14.4. The van der Waals surface area contributed by atoms with E-state index in [2.05, 4.69) is 60.0 Å². The van der Waals surface area contributed by atoms with Crippen molar-refractivity contribution >= 4 is 5.91 Å². The van der Waals surface area contributed by atoms with E-state index < -0.39 is 11.0 Å². The van der Waals surface area contributed by atoms with Gasteiger partial charge in [0, 0.05) is 31.1 Å². The lowest BCUT2D eigenvalue weighted by molar-refractivity contribution is -0.202. The average Bonchev–Trinajstić information content (AvgIpc) is 3.72. The van der Waals surface area contributed by atoms with Crippen LogP contribution in [0.2, 0.25) is 0 Å². The normalized spacial score (nSPS) is 31.1. The molecule has 7 rings (SSSR count). The van der Waals surface area contributed by atoms with Crippen molar-refractivity contribution in [1.82, 2.24) is 9.80 Å². The van der Waals surface area contributed by atoms with Gasteiger partial charge < -0.3 is 19.8 Å². The molecule has 5 aliphatic rings. The van der Waals surface area contributed by atoms with E-state index in [9.17, 15) is 15.0 Å². The Kier molecular flexibility index (Phi) is 7.29. The molecule has 0 unspecified atom stereocenters. The SMILES string of the molecule is CC(C)CN(C(=O)CCCCCc1ccccc1)[C@@H]1CC[C@@]2(O)[C@H]3Cc4ccc(O)c5c4[C@@]2(CCN3CC2CC2)[C@H]1O5. The van der Waals surface area contributed by atoms with Crippen LogP contribution < -0.4 is 4.74 Å². The molecule has 1 saturated heterocycles. The molecule has 6 heteroatoms. The predicted molar refractivity (Wildman–Crippen MR) is 164 cm³/mol. The van der Waals surface area contributed by atoms with Crippen molar-refractivity contribution < 1.29 is 19.7 Å². The molecular formula is C36H48N2O4. The molecule has 2 saturated carbocycles. The van der Waals surface area contributed by atoms with E-state index in [1.54, 1.807) is 6.07 Å². The number of aromatic hydroxyl groups is 1. The molecule has 0 aromatic heterocycles. The van der Waals surface area contributed by atoms with Crippen LogP contribution in [0.15, 0.2) is 42.5 Å². The minimum Gasteiger partial charge on any atom is -0.504 e. The van der Waals surface area contributed by atoms with Gasteiger partial charge in [0.2, 0.25) is 5.91 Å². The average molecular weight is 573 g/mol. The zero-order valence-electron chi connectivity index (χ0n) is 25.4. The molecule has 5 atom stereocenters. The van der Waals surface area contributed by atoms with Crippen LogP contribution in [0.1, 0.15) is 88.3 Å². The highest BCUT2D eigenvalue weighted by Gasteiger charge is 2.73. The van der Waals surface area contributed by atoms with Gasteiger partial charge in [0.15, 0.2) is 11.5 Å². The fourth-order valence-electron chi connectivity index (χ4n) is 9.16. The van der Waals surface area contributed by atoms with E-state index in [1.807, 2.05) is 0 Å². The number of hydrogen-bond donors (Lipinski definition) is 2. The van der Waals surface area contributed by atoms with Crippen molar-refractivity contribution in [2.45, 2.75) is 114 Å².